The van der Waals surface area contributed by atoms with Crippen molar-refractivity contribution in [3.63, 3.8) is 0 Å². The van der Waals surface area contributed by atoms with Gasteiger partial charge in [-0.15, -0.1) is 11.3 Å². The van der Waals surface area contributed by atoms with Gasteiger partial charge >= 0.3 is 0 Å². The Hall–Kier alpha value is -2.49. The summed E-state index contributed by atoms with van der Waals surface area (Å²) < 4.78 is 2.06. The molecule has 1 fully saturated rings. The minimum atomic E-state index is -1.03. The van der Waals surface area contributed by atoms with Gasteiger partial charge in [-0.2, -0.15) is 0 Å². The molecule has 1 aliphatic heterocycles. The summed E-state index contributed by atoms with van der Waals surface area (Å²) in [4.78, 5) is 31.8. The van der Waals surface area contributed by atoms with E-state index in [1.54, 1.807) is 0 Å². The smallest absolute Gasteiger partial charge is 0.271 e. The zero-order valence-corrected chi connectivity index (χ0v) is 19.1. The molecule has 172 valence electrons. The van der Waals surface area contributed by atoms with Crippen LogP contribution in [0.5, 0.6) is 0 Å². The van der Waals surface area contributed by atoms with Crippen molar-refractivity contribution in [1.29, 1.82) is 0 Å². The minimum Gasteiger partial charge on any atom is -0.388 e. The van der Waals surface area contributed by atoms with Crippen LogP contribution in [0.4, 0.5) is 5.69 Å². The summed E-state index contributed by atoms with van der Waals surface area (Å²) in [5, 5.41) is 16.2. The van der Waals surface area contributed by atoms with Gasteiger partial charge in [0, 0.05) is 38.0 Å². The minimum absolute atomic E-state index is 0.128. The lowest BCUT2D eigenvalue weighted by Gasteiger charge is -2.38. The summed E-state index contributed by atoms with van der Waals surface area (Å²) in [5.74, 6) is 0.128. The Bertz CT molecular complexity index is 1080. The molecule has 1 amide bonds. The number of nitrogens with zero attached hydrogens (tertiary/aromatic N) is 3. The van der Waals surface area contributed by atoms with E-state index in [1.165, 1.54) is 27.8 Å². The van der Waals surface area contributed by atoms with Crippen LogP contribution in [0.3, 0.4) is 0 Å². The first kappa shape index (κ1) is 22.7. The zero-order valence-electron chi connectivity index (χ0n) is 18.3. The average molecular weight is 458 g/mol. The molecule has 0 unspecified atom stereocenters. The van der Waals surface area contributed by atoms with Gasteiger partial charge in [0.25, 0.3) is 5.56 Å². The first-order valence-corrected chi connectivity index (χ1v) is 12.1. The second-order valence-corrected chi connectivity index (χ2v) is 9.46. The lowest BCUT2D eigenvalue weighted by molar-refractivity contribution is -0.135. The van der Waals surface area contributed by atoms with Crippen molar-refractivity contribution >= 4 is 33.1 Å². The first-order valence-electron chi connectivity index (χ1n) is 11.3. The van der Waals surface area contributed by atoms with E-state index in [2.05, 4.69) is 28.5 Å². The Balaban J connectivity index is 1.35. The molecule has 0 saturated carbocycles. The highest BCUT2D eigenvalue weighted by Gasteiger charge is 2.34. The Kier molecular flexibility index (Phi) is 7.07. The van der Waals surface area contributed by atoms with Crippen LogP contribution < -0.4 is 16.6 Å². The standard InChI is InChI=1S/C23H31N5O3S/c24-10-11-25-18-14-32-21-20(18)26-16-28(22(21)30)15-23(31)8-12-27(13-9-23)19(29)7-6-17-4-2-1-3-5-17/h2,4-5,14,16,25,31H,1,3,6-13,15,24H2. The maximum Gasteiger partial charge on any atom is 0.271 e. The van der Waals surface area contributed by atoms with Crippen LogP contribution in [0.25, 0.3) is 10.2 Å². The van der Waals surface area contributed by atoms with Crippen LogP contribution in [-0.2, 0) is 11.3 Å². The number of nitrogens with two attached hydrogens (primary N) is 1. The van der Waals surface area contributed by atoms with Crippen molar-refractivity contribution in [3.05, 3.63) is 45.9 Å². The molecule has 2 aromatic heterocycles. The fourth-order valence-corrected chi connectivity index (χ4v) is 5.22. The van der Waals surface area contributed by atoms with E-state index in [0.717, 1.165) is 24.9 Å². The Morgan fingerprint density at radius 3 is 2.84 bits per heavy atom. The molecule has 8 nitrogen and oxygen atoms in total. The molecule has 32 heavy (non-hydrogen) atoms. The number of piperidine rings is 1. The molecule has 4 rings (SSSR count). The third-order valence-corrected chi connectivity index (χ3v) is 7.17. The van der Waals surface area contributed by atoms with Crippen LogP contribution in [0.15, 0.2) is 40.3 Å². The third kappa shape index (κ3) is 5.11. The third-order valence-electron chi connectivity index (χ3n) is 6.22. The fourth-order valence-electron chi connectivity index (χ4n) is 4.30. The number of allylic oxidation sites excluding steroid dienone is 4. The number of likely N-dealkylation sites (tertiary alicyclic amines) is 1. The number of hydrogen-bond acceptors (Lipinski definition) is 7. The predicted octanol–water partition coefficient (Wildman–Crippen LogP) is 2.24. The monoisotopic (exact) mass is 457 g/mol. The van der Waals surface area contributed by atoms with E-state index < -0.39 is 5.60 Å². The Morgan fingerprint density at radius 2 is 2.12 bits per heavy atom. The Labute approximate surface area is 191 Å². The van der Waals surface area contributed by atoms with Crippen molar-refractivity contribution < 1.29 is 9.90 Å². The number of anilines is 1. The highest BCUT2D eigenvalue weighted by atomic mass is 32.1. The molecule has 0 aromatic carbocycles. The summed E-state index contributed by atoms with van der Waals surface area (Å²) in [6.45, 7) is 2.29. The average Bonchev–Trinajstić information content (AvgIpc) is 3.23. The van der Waals surface area contributed by atoms with Crippen molar-refractivity contribution in [2.45, 2.75) is 50.7 Å². The summed E-state index contributed by atoms with van der Waals surface area (Å²) in [7, 11) is 0. The van der Waals surface area contributed by atoms with Crippen LogP contribution >= 0.6 is 11.3 Å². The van der Waals surface area contributed by atoms with Crippen LogP contribution in [0.2, 0.25) is 0 Å². The molecule has 0 bridgehead atoms. The number of carbonyl (C=O) groups is 1. The van der Waals surface area contributed by atoms with Crippen LogP contribution in [0.1, 0.15) is 38.5 Å². The van der Waals surface area contributed by atoms with Gasteiger partial charge < -0.3 is 21.1 Å². The van der Waals surface area contributed by atoms with Gasteiger partial charge in [0.1, 0.15) is 10.2 Å². The maximum absolute atomic E-state index is 12.9. The first-order chi connectivity index (χ1) is 15.5. The second-order valence-electron chi connectivity index (χ2n) is 8.58. The van der Waals surface area contributed by atoms with E-state index in [4.69, 9.17) is 5.73 Å². The molecule has 0 atom stereocenters. The number of carbonyl (C=O) groups excluding carboxylic acids is 1. The number of thiophene rings is 1. The van der Waals surface area contributed by atoms with Crippen molar-refractivity contribution in [2.24, 2.45) is 5.73 Å². The quantitative estimate of drug-likeness (QED) is 0.560. The zero-order chi connectivity index (χ0) is 22.6. The summed E-state index contributed by atoms with van der Waals surface area (Å²) >= 11 is 1.34. The van der Waals surface area contributed by atoms with E-state index >= 15 is 0 Å². The van der Waals surface area contributed by atoms with Gasteiger partial charge in [-0.05, 0) is 32.1 Å². The molecular formula is C23H31N5O3S. The molecule has 1 aliphatic carbocycles. The number of nitrogens with one attached hydrogen (secondary N) is 1. The van der Waals surface area contributed by atoms with E-state index in [-0.39, 0.29) is 18.0 Å². The molecule has 2 aromatic rings. The van der Waals surface area contributed by atoms with Gasteiger partial charge in [-0.1, -0.05) is 23.8 Å². The number of rotatable bonds is 8. The lowest BCUT2D eigenvalue weighted by atomic mass is 9.91. The number of aliphatic hydroxyl groups is 1. The number of hydrogen-bond donors (Lipinski definition) is 3. The van der Waals surface area contributed by atoms with E-state index in [9.17, 15) is 14.7 Å². The summed E-state index contributed by atoms with van der Waals surface area (Å²) in [5.41, 5.74) is 7.04. The van der Waals surface area contributed by atoms with Crippen LogP contribution in [0, 0.1) is 0 Å². The normalized spacial score (nSPS) is 18.1. The van der Waals surface area contributed by atoms with Gasteiger partial charge in [-0.25, -0.2) is 4.98 Å². The van der Waals surface area contributed by atoms with Crippen LogP contribution in [-0.4, -0.2) is 57.2 Å². The van der Waals surface area contributed by atoms with Crippen molar-refractivity contribution in [3.8, 4) is 0 Å². The maximum atomic E-state index is 12.9. The van der Waals surface area contributed by atoms with Gasteiger partial charge in [0.15, 0.2) is 0 Å². The lowest BCUT2D eigenvalue weighted by Crippen LogP contribution is -2.49. The molecule has 4 N–H and O–H groups in total. The fraction of sp³-hybridized carbons (Fsp3) is 0.522. The Morgan fingerprint density at radius 1 is 1.31 bits per heavy atom. The molecule has 1 saturated heterocycles. The molecule has 9 heteroatoms. The molecular weight excluding hydrogens is 426 g/mol. The van der Waals surface area contributed by atoms with Gasteiger partial charge in [-0.3, -0.25) is 14.2 Å². The molecule has 2 aliphatic rings. The number of aromatic nitrogens is 2. The van der Waals surface area contributed by atoms with Crippen molar-refractivity contribution in [1.82, 2.24) is 14.5 Å². The van der Waals surface area contributed by atoms with E-state index in [1.807, 2.05) is 10.3 Å². The van der Waals surface area contributed by atoms with Gasteiger partial charge in [0.05, 0.1) is 24.2 Å². The van der Waals surface area contributed by atoms with Crippen molar-refractivity contribution in [2.75, 3.05) is 31.5 Å². The summed E-state index contributed by atoms with van der Waals surface area (Å²) in [6.07, 6.45) is 12.2. The topological polar surface area (TPSA) is 113 Å². The molecule has 0 radical (unpaired) electrons. The largest absolute Gasteiger partial charge is 0.388 e. The van der Waals surface area contributed by atoms with Gasteiger partial charge in [0.2, 0.25) is 5.91 Å². The highest BCUT2D eigenvalue weighted by Crippen LogP contribution is 2.28. The number of amides is 1. The van der Waals surface area contributed by atoms with E-state index in [0.29, 0.717) is 55.7 Å². The highest BCUT2D eigenvalue weighted by molar-refractivity contribution is 7.17. The number of fused-ring (bicyclic) bond motifs is 1. The second kappa shape index (κ2) is 9.97. The summed E-state index contributed by atoms with van der Waals surface area (Å²) in [6, 6.07) is 0. The molecule has 3 heterocycles. The SMILES string of the molecule is NCCNc1csc2c(=O)n(CC3(O)CCN(C(=O)CCC4=CCCC=C4)CC3)cnc12. The molecule has 0 spiro atoms. The predicted molar refractivity (Wildman–Crippen MR) is 128 cm³/mol.